The van der Waals surface area contributed by atoms with Crippen molar-refractivity contribution >= 4 is 16.8 Å². The van der Waals surface area contributed by atoms with Crippen molar-refractivity contribution in [3.63, 3.8) is 0 Å². The number of benzene rings is 2. The maximum absolute atomic E-state index is 13.0. The van der Waals surface area contributed by atoms with Gasteiger partial charge in [-0.25, -0.2) is 4.98 Å². The lowest BCUT2D eigenvalue weighted by atomic mass is 10.0. The molecule has 0 spiro atoms. The highest BCUT2D eigenvalue weighted by Gasteiger charge is 2.28. The maximum Gasteiger partial charge on any atom is 0.276 e. The highest BCUT2D eigenvalue weighted by atomic mass is 16.2. The SMILES string of the molecule is O=C(c1cnn(-c2ccccc2)n1)N1CCC[C@@H](n2cnc3ccccc3c2=O)C1. The van der Waals surface area contributed by atoms with E-state index in [0.717, 1.165) is 18.5 Å². The Bertz CT molecular complexity index is 1260. The van der Waals surface area contributed by atoms with Crippen LogP contribution in [0, 0.1) is 0 Å². The predicted molar refractivity (Wildman–Crippen MR) is 112 cm³/mol. The topological polar surface area (TPSA) is 85.9 Å². The van der Waals surface area contributed by atoms with E-state index >= 15 is 0 Å². The van der Waals surface area contributed by atoms with E-state index in [-0.39, 0.29) is 17.5 Å². The number of rotatable bonds is 3. The minimum Gasteiger partial charge on any atom is -0.335 e. The molecule has 8 nitrogen and oxygen atoms in total. The van der Waals surface area contributed by atoms with Gasteiger partial charge in [-0.3, -0.25) is 14.2 Å². The van der Waals surface area contributed by atoms with Crippen molar-refractivity contribution in [2.45, 2.75) is 18.9 Å². The summed E-state index contributed by atoms with van der Waals surface area (Å²) in [6, 6.07) is 16.7. The molecule has 1 atom stereocenters. The van der Waals surface area contributed by atoms with Crippen LogP contribution < -0.4 is 5.56 Å². The number of nitrogens with zero attached hydrogens (tertiary/aromatic N) is 6. The summed E-state index contributed by atoms with van der Waals surface area (Å²) in [4.78, 5) is 33.6. The molecule has 30 heavy (non-hydrogen) atoms. The van der Waals surface area contributed by atoms with Crippen molar-refractivity contribution in [1.29, 1.82) is 0 Å². The highest BCUT2D eigenvalue weighted by Crippen LogP contribution is 2.22. The standard InChI is InChI=1S/C22H20N6O2/c29-21-18-10-4-5-11-19(18)23-15-27(21)17-9-6-12-26(14-17)22(30)20-13-24-28(25-20)16-7-2-1-3-8-16/h1-5,7-8,10-11,13,15,17H,6,9,12,14H2/t17-/m1/s1. The summed E-state index contributed by atoms with van der Waals surface area (Å²) in [5.41, 5.74) is 1.69. The lowest BCUT2D eigenvalue weighted by molar-refractivity contribution is 0.0671. The molecule has 0 radical (unpaired) electrons. The van der Waals surface area contributed by atoms with Gasteiger partial charge in [-0.2, -0.15) is 9.90 Å². The number of hydrogen-bond acceptors (Lipinski definition) is 5. The van der Waals surface area contributed by atoms with Crippen LogP contribution in [0.1, 0.15) is 29.4 Å². The molecular formula is C22H20N6O2. The van der Waals surface area contributed by atoms with Gasteiger partial charge in [0.05, 0.1) is 35.2 Å². The predicted octanol–water partition coefficient (Wildman–Crippen LogP) is 2.45. The molecule has 2 aromatic carbocycles. The first-order valence-electron chi connectivity index (χ1n) is 9.93. The van der Waals surface area contributed by atoms with Crippen molar-refractivity contribution in [3.8, 4) is 5.69 Å². The van der Waals surface area contributed by atoms with Gasteiger partial charge in [-0.05, 0) is 37.1 Å². The molecule has 1 aliphatic heterocycles. The lowest BCUT2D eigenvalue weighted by Gasteiger charge is -2.33. The Kier molecular flexibility index (Phi) is 4.59. The Hall–Kier alpha value is -3.81. The number of para-hydroxylation sites is 2. The number of carbonyl (C=O) groups is 1. The fraction of sp³-hybridized carbons (Fsp3) is 0.227. The minimum atomic E-state index is -0.177. The van der Waals surface area contributed by atoms with E-state index in [4.69, 9.17) is 0 Å². The Morgan fingerprint density at radius 3 is 2.70 bits per heavy atom. The molecule has 3 heterocycles. The summed E-state index contributed by atoms with van der Waals surface area (Å²) in [5, 5.41) is 9.16. The number of likely N-dealkylation sites (tertiary alicyclic amines) is 1. The van der Waals surface area contributed by atoms with Gasteiger partial charge in [0.15, 0.2) is 5.69 Å². The number of carbonyl (C=O) groups excluding carboxylic acids is 1. The zero-order chi connectivity index (χ0) is 20.5. The Balaban J connectivity index is 1.38. The van der Waals surface area contributed by atoms with Gasteiger partial charge >= 0.3 is 0 Å². The summed E-state index contributed by atoms with van der Waals surface area (Å²) in [7, 11) is 0. The summed E-state index contributed by atoms with van der Waals surface area (Å²) in [6.45, 7) is 1.07. The summed E-state index contributed by atoms with van der Waals surface area (Å²) in [5.74, 6) is -0.177. The van der Waals surface area contributed by atoms with Crippen LogP contribution in [0.3, 0.4) is 0 Å². The third-order valence-electron chi connectivity index (χ3n) is 5.47. The van der Waals surface area contributed by atoms with Crippen LogP contribution in [0.4, 0.5) is 0 Å². The quantitative estimate of drug-likeness (QED) is 0.527. The summed E-state index contributed by atoms with van der Waals surface area (Å²) >= 11 is 0. The molecule has 1 aliphatic rings. The normalized spacial score (nSPS) is 16.7. The van der Waals surface area contributed by atoms with Gasteiger partial charge in [-0.1, -0.05) is 30.3 Å². The average Bonchev–Trinajstić information content (AvgIpc) is 3.30. The fourth-order valence-electron chi connectivity index (χ4n) is 3.92. The molecule has 150 valence electrons. The largest absolute Gasteiger partial charge is 0.335 e. The molecule has 8 heteroatoms. The van der Waals surface area contributed by atoms with Gasteiger partial charge in [0, 0.05) is 13.1 Å². The molecule has 0 aliphatic carbocycles. The van der Waals surface area contributed by atoms with E-state index in [1.165, 1.54) is 11.0 Å². The van der Waals surface area contributed by atoms with Crippen LogP contribution in [0.25, 0.3) is 16.6 Å². The molecule has 0 saturated carbocycles. The summed E-state index contributed by atoms with van der Waals surface area (Å²) < 4.78 is 1.66. The fourth-order valence-corrected chi connectivity index (χ4v) is 3.92. The first-order valence-corrected chi connectivity index (χ1v) is 9.93. The van der Waals surface area contributed by atoms with Crippen LogP contribution >= 0.6 is 0 Å². The Morgan fingerprint density at radius 1 is 1.03 bits per heavy atom. The van der Waals surface area contributed by atoms with Crippen LogP contribution in [-0.2, 0) is 0 Å². The zero-order valence-electron chi connectivity index (χ0n) is 16.3. The molecule has 2 aromatic heterocycles. The van der Waals surface area contributed by atoms with E-state index in [9.17, 15) is 9.59 Å². The summed E-state index contributed by atoms with van der Waals surface area (Å²) in [6.07, 6.45) is 4.71. The Morgan fingerprint density at radius 2 is 1.83 bits per heavy atom. The lowest BCUT2D eigenvalue weighted by Crippen LogP contribution is -2.43. The first kappa shape index (κ1) is 18.2. The van der Waals surface area contributed by atoms with Gasteiger partial charge < -0.3 is 4.90 Å². The van der Waals surface area contributed by atoms with Crippen molar-refractivity contribution in [2.75, 3.05) is 13.1 Å². The molecule has 1 saturated heterocycles. The number of fused-ring (bicyclic) bond motifs is 1. The van der Waals surface area contributed by atoms with E-state index in [1.54, 1.807) is 21.9 Å². The van der Waals surface area contributed by atoms with Gasteiger partial charge in [0.1, 0.15) is 0 Å². The number of piperidine rings is 1. The minimum absolute atomic E-state index is 0.0741. The van der Waals surface area contributed by atoms with E-state index in [1.807, 2.05) is 48.5 Å². The second-order valence-electron chi connectivity index (χ2n) is 7.38. The van der Waals surface area contributed by atoms with Crippen LogP contribution in [0.5, 0.6) is 0 Å². The molecule has 1 amide bonds. The van der Waals surface area contributed by atoms with E-state index in [2.05, 4.69) is 15.2 Å². The van der Waals surface area contributed by atoms with Gasteiger partial charge in [0.2, 0.25) is 0 Å². The van der Waals surface area contributed by atoms with Gasteiger partial charge in [-0.15, -0.1) is 5.10 Å². The second kappa shape index (κ2) is 7.55. The van der Waals surface area contributed by atoms with Crippen molar-refractivity contribution in [1.82, 2.24) is 29.4 Å². The average molecular weight is 400 g/mol. The molecule has 5 rings (SSSR count). The third kappa shape index (κ3) is 3.26. The third-order valence-corrected chi connectivity index (χ3v) is 5.47. The van der Waals surface area contributed by atoms with Crippen molar-refractivity contribution in [2.24, 2.45) is 0 Å². The highest BCUT2D eigenvalue weighted by molar-refractivity contribution is 5.92. The van der Waals surface area contributed by atoms with E-state index < -0.39 is 0 Å². The molecule has 0 unspecified atom stereocenters. The van der Waals surface area contributed by atoms with Crippen LogP contribution in [-0.4, -0.2) is 48.4 Å². The van der Waals surface area contributed by atoms with Gasteiger partial charge in [0.25, 0.3) is 11.5 Å². The zero-order valence-corrected chi connectivity index (χ0v) is 16.3. The number of hydrogen-bond donors (Lipinski definition) is 0. The van der Waals surface area contributed by atoms with Crippen LogP contribution in [0.15, 0.2) is 71.9 Å². The van der Waals surface area contributed by atoms with Crippen molar-refractivity contribution in [3.05, 3.63) is 83.2 Å². The second-order valence-corrected chi connectivity index (χ2v) is 7.38. The number of amides is 1. The molecular weight excluding hydrogens is 380 g/mol. The van der Waals surface area contributed by atoms with Crippen molar-refractivity contribution < 1.29 is 4.79 Å². The smallest absolute Gasteiger partial charge is 0.276 e. The molecule has 0 bridgehead atoms. The monoisotopic (exact) mass is 400 g/mol. The first-order chi connectivity index (χ1) is 14.7. The maximum atomic E-state index is 13.0. The molecule has 1 fully saturated rings. The molecule has 4 aromatic rings. The molecule has 0 N–H and O–H groups in total. The van der Waals surface area contributed by atoms with E-state index in [0.29, 0.717) is 29.7 Å². The number of aromatic nitrogens is 5. The Labute approximate surface area is 172 Å². The van der Waals surface area contributed by atoms with Crippen LogP contribution in [0.2, 0.25) is 0 Å².